The van der Waals surface area contributed by atoms with Crippen LogP contribution in [0.25, 0.3) is 0 Å². The van der Waals surface area contributed by atoms with Crippen LogP contribution >= 0.6 is 0 Å². The standard InChI is InChI=1S/C34H56N4O5/c1-20(39)28(40)24(17-21-13-12-14-21)35-29(41)27-25-23(34(25,7)8)18-38(27)30(42)26(22-15-10-9-11-16-22)36-31(43)37-33(5,6)19-32(2,3)4/h21-27H,9-19H2,1-8H3,(H,35,41)(H2,36,37,43)/t23-,24-,25-,26-,27-/m0/s1. The molecule has 0 radical (unpaired) electrons. The maximum absolute atomic E-state index is 14.4. The molecule has 4 amide bonds. The minimum absolute atomic E-state index is 0.00275. The van der Waals surface area contributed by atoms with E-state index in [4.69, 9.17) is 0 Å². The van der Waals surface area contributed by atoms with Crippen molar-refractivity contribution in [3.63, 3.8) is 0 Å². The van der Waals surface area contributed by atoms with Crippen molar-refractivity contribution < 1.29 is 24.0 Å². The highest BCUT2D eigenvalue weighted by atomic mass is 16.2. The van der Waals surface area contributed by atoms with Gasteiger partial charge < -0.3 is 20.9 Å². The minimum atomic E-state index is -0.865. The number of carbonyl (C=O) groups excluding carboxylic acids is 5. The predicted molar refractivity (Wildman–Crippen MR) is 166 cm³/mol. The Balaban J connectivity index is 1.54. The molecule has 3 aliphatic carbocycles. The smallest absolute Gasteiger partial charge is 0.315 e. The van der Waals surface area contributed by atoms with Gasteiger partial charge in [0, 0.05) is 19.0 Å². The van der Waals surface area contributed by atoms with Crippen molar-refractivity contribution in [2.75, 3.05) is 6.54 Å². The molecule has 1 aliphatic heterocycles. The Hall–Kier alpha value is -2.45. The van der Waals surface area contributed by atoms with Crippen LogP contribution < -0.4 is 16.0 Å². The molecule has 3 saturated carbocycles. The van der Waals surface area contributed by atoms with E-state index < -0.39 is 35.2 Å². The summed E-state index contributed by atoms with van der Waals surface area (Å²) in [5.41, 5.74) is -0.558. The fraction of sp³-hybridized carbons (Fsp3) is 0.853. The molecule has 0 aromatic carbocycles. The van der Waals surface area contributed by atoms with Crippen molar-refractivity contribution in [1.82, 2.24) is 20.9 Å². The van der Waals surface area contributed by atoms with E-state index in [-0.39, 0.29) is 46.4 Å². The zero-order valence-corrected chi connectivity index (χ0v) is 27.8. The lowest BCUT2D eigenvalue weighted by Crippen LogP contribution is -2.61. The molecule has 242 valence electrons. The predicted octanol–water partition coefficient (Wildman–Crippen LogP) is 4.77. The number of rotatable bonds is 11. The molecule has 0 bridgehead atoms. The quantitative estimate of drug-likeness (QED) is 0.295. The van der Waals surface area contributed by atoms with Gasteiger partial charge in [-0.25, -0.2) is 4.79 Å². The van der Waals surface area contributed by atoms with E-state index in [1.165, 1.54) is 6.92 Å². The SMILES string of the molecule is CC(=O)C(=O)[C@H](CC1CCC1)NC(=O)[C@@H]1[C@@H]2[C@H](CN1C(=O)[C@@H](NC(=O)NC(C)(C)CC(C)(C)C)C1CCCCC1)C2(C)C. The zero-order valence-electron chi connectivity index (χ0n) is 27.8. The van der Waals surface area contributed by atoms with Crippen LogP contribution in [-0.2, 0) is 19.2 Å². The molecule has 0 unspecified atom stereocenters. The van der Waals surface area contributed by atoms with Crippen LogP contribution in [0.1, 0.15) is 120 Å². The zero-order chi connectivity index (χ0) is 31.9. The lowest BCUT2D eigenvalue weighted by Gasteiger charge is -2.38. The molecule has 4 rings (SSSR count). The summed E-state index contributed by atoms with van der Waals surface area (Å²) in [5.74, 6) is -1.24. The number of hydrogen-bond donors (Lipinski definition) is 3. The highest BCUT2D eigenvalue weighted by molar-refractivity contribution is 6.38. The summed E-state index contributed by atoms with van der Waals surface area (Å²) in [7, 11) is 0. The van der Waals surface area contributed by atoms with Gasteiger partial charge in [-0.1, -0.05) is 73.1 Å². The Kier molecular flexibility index (Phi) is 9.73. The summed E-state index contributed by atoms with van der Waals surface area (Å²) < 4.78 is 0. The maximum atomic E-state index is 14.4. The highest BCUT2D eigenvalue weighted by Crippen LogP contribution is 2.65. The van der Waals surface area contributed by atoms with Crippen LogP contribution in [0.4, 0.5) is 4.79 Å². The summed E-state index contributed by atoms with van der Waals surface area (Å²) in [5, 5.41) is 9.09. The number of likely N-dealkylation sites (tertiary alicyclic amines) is 1. The lowest BCUT2D eigenvalue weighted by atomic mass is 9.79. The fourth-order valence-electron chi connectivity index (χ4n) is 8.49. The van der Waals surface area contributed by atoms with Gasteiger partial charge in [0.05, 0.1) is 6.04 Å². The fourth-order valence-corrected chi connectivity index (χ4v) is 8.49. The number of carbonyl (C=O) groups is 5. The molecule has 9 nitrogen and oxygen atoms in total. The first kappa shape index (κ1) is 33.4. The monoisotopic (exact) mass is 600 g/mol. The van der Waals surface area contributed by atoms with E-state index in [2.05, 4.69) is 50.6 Å². The summed E-state index contributed by atoms with van der Waals surface area (Å²) in [4.78, 5) is 68.4. The van der Waals surface area contributed by atoms with E-state index in [1.807, 2.05) is 13.8 Å². The molecule has 9 heteroatoms. The Morgan fingerprint density at radius 1 is 0.884 bits per heavy atom. The summed E-state index contributed by atoms with van der Waals surface area (Å²) in [6, 6.07) is -2.69. The first-order valence-corrected chi connectivity index (χ1v) is 16.7. The molecule has 4 aliphatic rings. The van der Waals surface area contributed by atoms with Gasteiger partial charge in [-0.3, -0.25) is 19.2 Å². The van der Waals surface area contributed by atoms with Gasteiger partial charge in [-0.2, -0.15) is 0 Å². The summed E-state index contributed by atoms with van der Waals surface area (Å²) >= 11 is 0. The highest BCUT2D eigenvalue weighted by Gasteiger charge is 2.69. The van der Waals surface area contributed by atoms with Gasteiger partial charge in [0.2, 0.25) is 17.6 Å². The Bertz CT molecular complexity index is 1100. The topological polar surface area (TPSA) is 125 Å². The number of amides is 4. The minimum Gasteiger partial charge on any atom is -0.344 e. The first-order valence-electron chi connectivity index (χ1n) is 16.7. The van der Waals surface area contributed by atoms with Gasteiger partial charge in [0.25, 0.3) is 0 Å². The van der Waals surface area contributed by atoms with Crippen molar-refractivity contribution in [3.05, 3.63) is 0 Å². The van der Waals surface area contributed by atoms with Gasteiger partial charge in [0.15, 0.2) is 5.78 Å². The molecule has 43 heavy (non-hydrogen) atoms. The van der Waals surface area contributed by atoms with Crippen LogP contribution in [-0.4, -0.2) is 64.5 Å². The Labute approximate surface area is 258 Å². The molecule has 5 atom stereocenters. The molecule has 0 aromatic rings. The van der Waals surface area contributed by atoms with Crippen molar-refractivity contribution >= 4 is 29.4 Å². The Morgan fingerprint density at radius 2 is 1.51 bits per heavy atom. The average molecular weight is 601 g/mol. The van der Waals surface area contributed by atoms with Gasteiger partial charge in [0.1, 0.15) is 12.1 Å². The second kappa shape index (κ2) is 12.5. The van der Waals surface area contributed by atoms with Crippen LogP contribution in [0.5, 0.6) is 0 Å². The van der Waals surface area contributed by atoms with Crippen molar-refractivity contribution in [2.45, 2.75) is 143 Å². The van der Waals surface area contributed by atoms with Crippen molar-refractivity contribution in [2.24, 2.45) is 34.5 Å². The average Bonchev–Trinajstić information content (AvgIpc) is 3.19. The number of hydrogen-bond acceptors (Lipinski definition) is 5. The third kappa shape index (κ3) is 7.80. The van der Waals surface area contributed by atoms with E-state index in [0.717, 1.165) is 57.8 Å². The summed E-state index contributed by atoms with van der Waals surface area (Å²) in [6.45, 7) is 16.3. The third-order valence-electron chi connectivity index (χ3n) is 10.6. The van der Waals surface area contributed by atoms with Crippen LogP contribution in [0, 0.1) is 34.5 Å². The Morgan fingerprint density at radius 3 is 2.05 bits per heavy atom. The van der Waals surface area contributed by atoms with Gasteiger partial charge >= 0.3 is 6.03 Å². The number of fused-ring (bicyclic) bond motifs is 1. The van der Waals surface area contributed by atoms with E-state index in [9.17, 15) is 24.0 Å². The second-order valence-electron chi connectivity index (χ2n) is 16.5. The van der Waals surface area contributed by atoms with Gasteiger partial charge in [-0.15, -0.1) is 0 Å². The molecule has 1 heterocycles. The number of Topliss-reactive ketones (excluding diaryl/α,β-unsaturated/α-hetero) is 2. The van der Waals surface area contributed by atoms with Gasteiger partial charge in [-0.05, 0) is 74.0 Å². The normalized spacial score (nSPS) is 26.9. The number of nitrogens with one attached hydrogen (secondary N) is 3. The largest absolute Gasteiger partial charge is 0.344 e. The van der Waals surface area contributed by atoms with Crippen molar-refractivity contribution in [1.29, 1.82) is 0 Å². The lowest BCUT2D eigenvalue weighted by molar-refractivity contribution is -0.144. The first-order chi connectivity index (χ1) is 19.9. The molecule has 1 saturated heterocycles. The van der Waals surface area contributed by atoms with E-state index >= 15 is 0 Å². The number of nitrogens with zero attached hydrogens (tertiary/aromatic N) is 1. The molecular weight excluding hydrogens is 544 g/mol. The van der Waals surface area contributed by atoms with E-state index in [0.29, 0.717) is 18.9 Å². The van der Waals surface area contributed by atoms with Crippen LogP contribution in [0.3, 0.4) is 0 Å². The molecule has 4 fully saturated rings. The molecular formula is C34H56N4O5. The molecule has 0 spiro atoms. The van der Waals surface area contributed by atoms with Crippen molar-refractivity contribution in [3.8, 4) is 0 Å². The van der Waals surface area contributed by atoms with Crippen LogP contribution in [0.15, 0.2) is 0 Å². The second-order valence-corrected chi connectivity index (χ2v) is 16.5. The van der Waals surface area contributed by atoms with E-state index in [1.54, 1.807) is 4.90 Å². The number of ketones is 2. The third-order valence-corrected chi connectivity index (χ3v) is 10.6. The molecule has 0 aromatic heterocycles. The summed E-state index contributed by atoms with van der Waals surface area (Å²) in [6.07, 6.45) is 9.13. The number of urea groups is 1. The van der Waals surface area contributed by atoms with Crippen LogP contribution in [0.2, 0.25) is 0 Å². The number of piperidine rings is 1. The maximum Gasteiger partial charge on any atom is 0.315 e. The molecule has 3 N–H and O–H groups in total.